The van der Waals surface area contributed by atoms with E-state index < -0.39 is 15.8 Å². The van der Waals surface area contributed by atoms with Gasteiger partial charge in [-0.3, -0.25) is 4.79 Å². The molecule has 2 aromatic carbocycles. The fourth-order valence-electron chi connectivity index (χ4n) is 3.28. The Morgan fingerprint density at radius 2 is 1.84 bits per heavy atom. The number of nitrogens with zero attached hydrogens (tertiary/aromatic N) is 2. The van der Waals surface area contributed by atoms with Gasteiger partial charge in [-0.2, -0.15) is 4.31 Å². The van der Waals surface area contributed by atoms with Crippen LogP contribution in [0.3, 0.4) is 0 Å². The zero-order valence-electron chi connectivity index (χ0n) is 17.5. The van der Waals surface area contributed by atoms with Crippen LogP contribution in [0, 0.1) is 5.82 Å². The molecule has 166 valence electrons. The molecule has 1 amide bonds. The third kappa shape index (κ3) is 5.42. The predicted molar refractivity (Wildman–Crippen MR) is 115 cm³/mol. The Labute approximate surface area is 181 Å². The summed E-state index contributed by atoms with van der Waals surface area (Å²) in [4.78, 5) is 14.0. The zero-order valence-corrected chi connectivity index (χ0v) is 18.3. The van der Waals surface area contributed by atoms with Crippen LogP contribution >= 0.6 is 0 Å². The third-order valence-corrected chi connectivity index (χ3v) is 6.82. The van der Waals surface area contributed by atoms with Crippen molar-refractivity contribution in [2.75, 3.05) is 39.9 Å². The molecule has 0 aromatic heterocycles. The fourth-order valence-corrected chi connectivity index (χ4v) is 4.74. The number of piperazine rings is 1. The zero-order chi connectivity index (χ0) is 22.4. The molecule has 0 unspecified atom stereocenters. The summed E-state index contributed by atoms with van der Waals surface area (Å²) in [5, 5.41) is 0. The summed E-state index contributed by atoms with van der Waals surface area (Å²) in [6.45, 7) is 2.45. The number of halogens is 1. The van der Waals surface area contributed by atoms with Crippen LogP contribution in [0.15, 0.2) is 53.4 Å². The van der Waals surface area contributed by atoms with E-state index in [1.807, 2.05) is 31.2 Å². The van der Waals surface area contributed by atoms with Crippen molar-refractivity contribution in [1.82, 2.24) is 9.21 Å². The molecule has 1 saturated heterocycles. The van der Waals surface area contributed by atoms with Crippen LogP contribution in [0.5, 0.6) is 11.5 Å². The average Bonchev–Trinajstić information content (AvgIpc) is 2.78. The van der Waals surface area contributed by atoms with Crippen LogP contribution < -0.4 is 9.47 Å². The third-order valence-electron chi connectivity index (χ3n) is 4.92. The van der Waals surface area contributed by atoms with Gasteiger partial charge in [-0.15, -0.1) is 0 Å². The fraction of sp³-hybridized carbons (Fsp3) is 0.318. The van der Waals surface area contributed by atoms with Crippen molar-refractivity contribution in [1.29, 1.82) is 0 Å². The molecule has 0 spiro atoms. The molecule has 9 heteroatoms. The van der Waals surface area contributed by atoms with Gasteiger partial charge in [0.15, 0.2) is 18.1 Å². The molecule has 3 rings (SSSR count). The SMILES string of the molecule is C/C=C/c1ccc(OCC(=O)N2CCN(S(=O)(=O)c3cccc(F)c3)CC2)c(OC)c1. The molecule has 2 aromatic rings. The van der Waals surface area contributed by atoms with Crippen LogP contribution in [-0.4, -0.2) is 63.4 Å². The number of hydrogen-bond donors (Lipinski definition) is 0. The Hall–Kier alpha value is -2.91. The van der Waals surface area contributed by atoms with Gasteiger partial charge in [0, 0.05) is 26.2 Å². The van der Waals surface area contributed by atoms with Crippen molar-refractivity contribution in [3.05, 3.63) is 59.9 Å². The van der Waals surface area contributed by atoms with Gasteiger partial charge in [0.05, 0.1) is 12.0 Å². The van der Waals surface area contributed by atoms with Crippen molar-refractivity contribution in [2.45, 2.75) is 11.8 Å². The van der Waals surface area contributed by atoms with Gasteiger partial charge >= 0.3 is 0 Å². The number of allylic oxidation sites excluding steroid dienone is 1. The lowest BCUT2D eigenvalue weighted by atomic mass is 10.2. The molecule has 7 nitrogen and oxygen atoms in total. The highest BCUT2D eigenvalue weighted by Crippen LogP contribution is 2.28. The van der Waals surface area contributed by atoms with Gasteiger partial charge in [0.1, 0.15) is 5.82 Å². The van der Waals surface area contributed by atoms with E-state index in [2.05, 4.69) is 0 Å². The van der Waals surface area contributed by atoms with E-state index in [9.17, 15) is 17.6 Å². The van der Waals surface area contributed by atoms with Gasteiger partial charge < -0.3 is 14.4 Å². The number of amides is 1. The summed E-state index contributed by atoms with van der Waals surface area (Å²) in [6.07, 6.45) is 3.84. The minimum Gasteiger partial charge on any atom is -0.493 e. The number of carbonyl (C=O) groups is 1. The molecular weight excluding hydrogens is 423 g/mol. The van der Waals surface area contributed by atoms with Crippen LogP contribution in [0.25, 0.3) is 6.08 Å². The first-order chi connectivity index (χ1) is 14.8. The standard InChI is InChI=1S/C22H25FN2O5S/c1-3-5-17-8-9-20(21(14-17)29-2)30-16-22(26)24-10-12-25(13-11-24)31(27,28)19-7-4-6-18(23)15-19/h3-9,14-15H,10-13,16H2,1-2H3/b5-3+. The van der Waals surface area contributed by atoms with Crippen molar-refractivity contribution in [3.63, 3.8) is 0 Å². The van der Waals surface area contributed by atoms with Crippen molar-refractivity contribution in [2.24, 2.45) is 0 Å². The Bertz CT molecular complexity index is 1060. The number of benzene rings is 2. The van der Waals surface area contributed by atoms with E-state index >= 15 is 0 Å². The first-order valence-corrected chi connectivity index (χ1v) is 11.3. The van der Waals surface area contributed by atoms with Gasteiger partial charge in [0.2, 0.25) is 10.0 Å². The molecule has 0 N–H and O–H groups in total. The Kier molecular flexibility index (Phi) is 7.29. The topological polar surface area (TPSA) is 76.2 Å². The molecule has 0 bridgehead atoms. The van der Waals surface area contributed by atoms with E-state index in [1.165, 1.54) is 29.6 Å². The highest BCUT2D eigenvalue weighted by molar-refractivity contribution is 7.89. The summed E-state index contributed by atoms with van der Waals surface area (Å²) in [5.41, 5.74) is 0.952. The molecule has 1 heterocycles. The summed E-state index contributed by atoms with van der Waals surface area (Å²) in [5.74, 6) is 0.120. The van der Waals surface area contributed by atoms with E-state index in [0.717, 1.165) is 11.6 Å². The van der Waals surface area contributed by atoms with Gasteiger partial charge in [-0.05, 0) is 42.8 Å². The number of hydrogen-bond acceptors (Lipinski definition) is 5. The molecule has 0 saturated carbocycles. The molecule has 0 radical (unpaired) electrons. The van der Waals surface area contributed by atoms with Gasteiger partial charge in [-0.1, -0.05) is 24.3 Å². The lowest BCUT2D eigenvalue weighted by molar-refractivity contribution is -0.134. The van der Waals surface area contributed by atoms with Crippen LogP contribution in [0.2, 0.25) is 0 Å². The minimum atomic E-state index is -3.80. The number of carbonyl (C=O) groups excluding carboxylic acids is 1. The molecule has 31 heavy (non-hydrogen) atoms. The maximum atomic E-state index is 13.4. The molecule has 1 aliphatic heterocycles. The molecule has 1 fully saturated rings. The second-order valence-electron chi connectivity index (χ2n) is 6.94. The maximum absolute atomic E-state index is 13.4. The Morgan fingerprint density at radius 1 is 1.10 bits per heavy atom. The summed E-state index contributed by atoms with van der Waals surface area (Å²) >= 11 is 0. The van der Waals surface area contributed by atoms with E-state index in [0.29, 0.717) is 11.5 Å². The highest BCUT2D eigenvalue weighted by atomic mass is 32.2. The maximum Gasteiger partial charge on any atom is 0.260 e. The Morgan fingerprint density at radius 3 is 2.48 bits per heavy atom. The molecule has 1 aliphatic rings. The summed E-state index contributed by atoms with van der Waals surface area (Å²) < 4.78 is 51.0. The van der Waals surface area contributed by atoms with Crippen LogP contribution in [-0.2, 0) is 14.8 Å². The average molecular weight is 449 g/mol. The van der Waals surface area contributed by atoms with Gasteiger partial charge in [0.25, 0.3) is 5.91 Å². The van der Waals surface area contributed by atoms with Crippen molar-refractivity contribution < 1.29 is 27.1 Å². The Balaban J connectivity index is 1.57. The quantitative estimate of drug-likeness (QED) is 0.651. The largest absolute Gasteiger partial charge is 0.493 e. The van der Waals surface area contributed by atoms with Crippen molar-refractivity contribution in [3.8, 4) is 11.5 Å². The summed E-state index contributed by atoms with van der Waals surface area (Å²) in [6, 6.07) is 10.3. The normalized spacial score (nSPS) is 15.3. The van der Waals surface area contributed by atoms with Gasteiger partial charge in [-0.25, -0.2) is 12.8 Å². The van der Waals surface area contributed by atoms with Crippen LogP contribution in [0.4, 0.5) is 4.39 Å². The number of methoxy groups -OCH3 is 1. The highest BCUT2D eigenvalue weighted by Gasteiger charge is 2.30. The molecule has 0 atom stereocenters. The van der Waals surface area contributed by atoms with Crippen molar-refractivity contribution >= 4 is 22.0 Å². The number of sulfonamides is 1. The first kappa shape index (κ1) is 22.8. The molecule has 0 aliphatic carbocycles. The first-order valence-electron chi connectivity index (χ1n) is 9.82. The second-order valence-corrected chi connectivity index (χ2v) is 8.88. The van der Waals surface area contributed by atoms with E-state index in [1.54, 1.807) is 11.0 Å². The summed E-state index contributed by atoms with van der Waals surface area (Å²) in [7, 11) is -2.28. The lowest BCUT2D eigenvalue weighted by Crippen LogP contribution is -2.51. The monoisotopic (exact) mass is 448 g/mol. The van der Waals surface area contributed by atoms with E-state index in [4.69, 9.17) is 9.47 Å². The lowest BCUT2D eigenvalue weighted by Gasteiger charge is -2.34. The second kappa shape index (κ2) is 9.93. The minimum absolute atomic E-state index is 0.0935. The smallest absolute Gasteiger partial charge is 0.260 e. The number of ether oxygens (including phenoxy) is 2. The van der Waals surface area contributed by atoms with Crippen LogP contribution in [0.1, 0.15) is 12.5 Å². The molecular formula is C22H25FN2O5S. The predicted octanol–water partition coefficient (Wildman–Crippen LogP) is 2.78. The number of rotatable bonds is 7. The van der Waals surface area contributed by atoms with E-state index in [-0.39, 0.29) is 43.6 Å².